The van der Waals surface area contributed by atoms with Gasteiger partial charge in [0.2, 0.25) is 0 Å². The molecule has 0 saturated heterocycles. The van der Waals surface area contributed by atoms with E-state index in [0.29, 0.717) is 7.87 Å². The summed E-state index contributed by atoms with van der Waals surface area (Å²) < 4.78 is 1.26. The van der Waals surface area contributed by atoms with Crippen molar-refractivity contribution in [2.75, 3.05) is 0 Å². The van der Waals surface area contributed by atoms with Crippen LogP contribution in [0.4, 0.5) is 0 Å². The molecule has 0 aromatic heterocycles. The fraction of sp³-hybridized carbons (Fsp3) is 0.200. The molecule has 2 aliphatic carbocycles. The molecule has 0 amide bonds. The van der Waals surface area contributed by atoms with E-state index in [1.807, 2.05) is 0 Å². The Labute approximate surface area is 94.9 Å². The normalized spacial score (nSPS) is 22.3. The van der Waals surface area contributed by atoms with Crippen molar-refractivity contribution in [2.45, 2.75) is 7.87 Å². The Kier molecular flexibility index (Phi) is 3.21. The van der Waals surface area contributed by atoms with Crippen molar-refractivity contribution in [1.82, 2.24) is 0 Å². The number of hydrogen-bond donors (Lipinski definition) is 0. The van der Waals surface area contributed by atoms with Crippen LogP contribution in [0.3, 0.4) is 0 Å². The molecule has 0 aromatic carbocycles. The third-order valence-corrected chi connectivity index (χ3v) is 23.8. The van der Waals surface area contributed by atoms with Gasteiger partial charge >= 0.3 is 95.8 Å². The van der Waals surface area contributed by atoms with E-state index in [9.17, 15) is 0 Å². The zero-order chi connectivity index (χ0) is 9.31. The minimum absolute atomic E-state index is 0.631. The van der Waals surface area contributed by atoms with Crippen molar-refractivity contribution in [3.63, 3.8) is 0 Å². The van der Waals surface area contributed by atoms with Crippen LogP contribution in [-0.2, 0) is 0 Å². The molecular formula is C10H10Br2Sn. The predicted molar refractivity (Wildman–Crippen MR) is 67.7 cm³/mol. The summed E-state index contributed by atoms with van der Waals surface area (Å²) in [4.78, 5) is 0. The van der Waals surface area contributed by atoms with E-state index in [-0.39, 0.29) is 0 Å². The van der Waals surface area contributed by atoms with Gasteiger partial charge in [-0.2, -0.15) is 0 Å². The van der Waals surface area contributed by atoms with Gasteiger partial charge in [0.05, 0.1) is 0 Å². The van der Waals surface area contributed by atoms with E-state index in [0.717, 1.165) is 0 Å². The van der Waals surface area contributed by atoms with E-state index >= 15 is 0 Å². The van der Waals surface area contributed by atoms with Gasteiger partial charge in [0, 0.05) is 0 Å². The second-order valence-electron chi connectivity index (χ2n) is 3.27. The van der Waals surface area contributed by atoms with Crippen molar-refractivity contribution in [3.05, 3.63) is 48.6 Å². The Morgan fingerprint density at radius 2 is 1.00 bits per heavy atom. The molecule has 0 fully saturated rings. The molecule has 0 radical (unpaired) electrons. The summed E-state index contributed by atoms with van der Waals surface area (Å²) in [6.07, 6.45) is 17.7. The summed E-state index contributed by atoms with van der Waals surface area (Å²) in [7, 11) is 0. The Morgan fingerprint density at radius 3 is 1.31 bits per heavy atom. The molecule has 0 bridgehead atoms. The van der Waals surface area contributed by atoms with Gasteiger partial charge in [-0.1, -0.05) is 0 Å². The molecule has 3 heteroatoms. The van der Waals surface area contributed by atoms with Crippen molar-refractivity contribution in [2.24, 2.45) is 0 Å². The maximum absolute atomic E-state index is 3.96. The van der Waals surface area contributed by atoms with Crippen molar-refractivity contribution < 1.29 is 0 Å². The summed E-state index contributed by atoms with van der Waals surface area (Å²) >= 11 is 5.59. The molecule has 2 rings (SSSR count). The Bertz CT molecular complexity index is 259. The van der Waals surface area contributed by atoms with Crippen LogP contribution >= 0.6 is 25.4 Å². The molecule has 0 aromatic rings. The van der Waals surface area contributed by atoms with Gasteiger partial charge in [-0.25, -0.2) is 0 Å². The molecule has 0 heterocycles. The molecule has 0 aliphatic heterocycles. The average molecular weight is 409 g/mol. The van der Waals surface area contributed by atoms with Crippen LogP contribution in [0, 0.1) is 0 Å². The molecule has 2 aliphatic rings. The number of rotatable bonds is 2. The zero-order valence-corrected chi connectivity index (χ0v) is 13.1. The SMILES string of the molecule is [Br][Sn]([Br])([CH]1C=CC=C1)[CH]1C=CC=C1. The first kappa shape index (κ1) is 10.2. The standard InChI is InChI=1S/2C5H5.2BrH.Sn/c2*1-2-4-5-3-1;;;/h2*1-5H;2*1H;/q;;;;+2/p-2. The first-order valence-corrected chi connectivity index (χ1v) is 20.4. The summed E-state index contributed by atoms with van der Waals surface area (Å²) in [5.41, 5.74) is 0. The quantitative estimate of drug-likeness (QED) is 0.601. The third kappa shape index (κ3) is 2.05. The molecule has 0 nitrogen and oxygen atoms in total. The minimum atomic E-state index is -2.33. The van der Waals surface area contributed by atoms with E-state index in [1.54, 1.807) is 0 Å². The molecular weight excluding hydrogens is 399 g/mol. The predicted octanol–water partition coefficient (Wildman–Crippen LogP) is 4.21. The van der Waals surface area contributed by atoms with Gasteiger partial charge in [0.15, 0.2) is 0 Å². The molecule has 0 atom stereocenters. The molecule has 68 valence electrons. The van der Waals surface area contributed by atoms with E-state index < -0.39 is 13.9 Å². The Balaban J connectivity index is 2.19. The maximum atomic E-state index is 3.96. The number of allylic oxidation sites excluding steroid dienone is 8. The third-order valence-electron chi connectivity index (χ3n) is 2.38. The fourth-order valence-corrected chi connectivity index (χ4v) is 15.3. The van der Waals surface area contributed by atoms with Gasteiger partial charge in [-0.3, -0.25) is 0 Å². The summed E-state index contributed by atoms with van der Waals surface area (Å²) in [6, 6.07) is 0. The van der Waals surface area contributed by atoms with Gasteiger partial charge < -0.3 is 0 Å². The van der Waals surface area contributed by atoms with Crippen LogP contribution in [0.25, 0.3) is 0 Å². The first-order valence-electron chi connectivity index (χ1n) is 4.29. The average Bonchev–Trinajstić information content (AvgIpc) is 2.78. The number of halogens is 2. The van der Waals surface area contributed by atoms with Gasteiger partial charge in [-0.05, 0) is 0 Å². The van der Waals surface area contributed by atoms with E-state index in [4.69, 9.17) is 0 Å². The van der Waals surface area contributed by atoms with Gasteiger partial charge in [-0.15, -0.1) is 0 Å². The van der Waals surface area contributed by atoms with Crippen molar-refractivity contribution in [1.29, 1.82) is 0 Å². The molecule has 13 heavy (non-hydrogen) atoms. The molecule has 0 spiro atoms. The second kappa shape index (κ2) is 4.07. The Hall–Kier alpha value is 0.719. The van der Waals surface area contributed by atoms with Crippen molar-refractivity contribution >= 4 is 39.3 Å². The van der Waals surface area contributed by atoms with E-state index in [1.165, 1.54) is 0 Å². The Morgan fingerprint density at radius 1 is 0.692 bits per heavy atom. The van der Waals surface area contributed by atoms with Crippen LogP contribution in [0.1, 0.15) is 0 Å². The summed E-state index contributed by atoms with van der Waals surface area (Å²) in [6.45, 7) is 0. The van der Waals surface area contributed by atoms with Gasteiger partial charge in [0.1, 0.15) is 0 Å². The van der Waals surface area contributed by atoms with Crippen LogP contribution in [-0.4, -0.2) is 13.9 Å². The first-order chi connectivity index (χ1) is 6.21. The van der Waals surface area contributed by atoms with Crippen LogP contribution < -0.4 is 0 Å². The van der Waals surface area contributed by atoms with Crippen molar-refractivity contribution in [3.8, 4) is 0 Å². The number of hydrogen-bond acceptors (Lipinski definition) is 0. The van der Waals surface area contributed by atoms with E-state index in [2.05, 4.69) is 74.0 Å². The fourth-order valence-electron chi connectivity index (χ4n) is 1.60. The topological polar surface area (TPSA) is 0 Å². The molecule has 0 unspecified atom stereocenters. The molecule has 0 saturated carbocycles. The van der Waals surface area contributed by atoms with Crippen LogP contribution in [0.5, 0.6) is 0 Å². The second-order valence-corrected chi connectivity index (χ2v) is 35.7. The summed E-state index contributed by atoms with van der Waals surface area (Å²) in [5.74, 6) is 0. The zero-order valence-electron chi connectivity index (χ0n) is 7.03. The summed E-state index contributed by atoms with van der Waals surface area (Å²) in [5, 5.41) is 0. The monoisotopic (exact) mass is 408 g/mol. The van der Waals surface area contributed by atoms with Crippen LogP contribution in [0.2, 0.25) is 7.87 Å². The van der Waals surface area contributed by atoms with Gasteiger partial charge in [0.25, 0.3) is 0 Å². The molecule has 0 N–H and O–H groups in total. The van der Waals surface area contributed by atoms with Crippen LogP contribution in [0.15, 0.2) is 48.6 Å².